The van der Waals surface area contributed by atoms with E-state index in [-0.39, 0.29) is 32.5 Å². The number of nitrogens with one attached hydrogen (secondary N) is 2. The molecule has 0 aliphatic heterocycles. The SMILES string of the molecule is Cc1ccc(NC(=O)c2ccc(Cl)cc2[N+](=O)[O-])c(NC(=O)c2ccc(Cl)cc2[N+](=O)[O-])c1. The summed E-state index contributed by atoms with van der Waals surface area (Å²) in [5.41, 5.74) is -0.489. The quantitative estimate of drug-likeness (QED) is 0.340. The molecule has 168 valence electrons. The van der Waals surface area contributed by atoms with Crippen LogP contribution in [-0.2, 0) is 0 Å². The lowest BCUT2D eigenvalue weighted by atomic mass is 10.1. The maximum absolute atomic E-state index is 12.8. The second kappa shape index (κ2) is 9.63. The highest BCUT2D eigenvalue weighted by Crippen LogP contribution is 2.29. The fourth-order valence-corrected chi connectivity index (χ4v) is 3.28. The number of hydrogen-bond acceptors (Lipinski definition) is 6. The fourth-order valence-electron chi connectivity index (χ4n) is 2.95. The zero-order valence-corrected chi connectivity index (χ0v) is 18.3. The Morgan fingerprint density at radius 2 is 1.18 bits per heavy atom. The van der Waals surface area contributed by atoms with Gasteiger partial charge in [0.2, 0.25) is 0 Å². The number of benzene rings is 3. The third kappa shape index (κ3) is 5.43. The van der Waals surface area contributed by atoms with Crippen molar-refractivity contribution in [1.29, 1.82) is 0 Å². The Kier molecular flexibility index (Phi) is 6.90. The van der Waals surface area contributed by atoms with E-state index in [9.17, 15) is 29.8 Å². The van der Waals surface area contributed by atoms with Gasteiger partial charge in [-0.25, -0.2) is 0 Å². The van der Waals surface area contributed by atoms with Gasteiger partial charge in [0.1, 0.15) is 11.1 Å². The zero-order valence-electron chi connectivity index (χ0n) is 16.8. The third-order valence-electron chi connectivity index (χ3n) is 4.47. The van der Waals surface area contributed by atoms with Gasteiger partial charge in [0, 0.05) is 22.2 Å². The lowest BCUT2D eigenvalue weighted by molar-refractivity contribution is -0.385. The van der Waals surface area contributed by atoms with Crippen molar-refractivity contribution in [3.05, 3.63) is 102 Å². The number of carbonyl (C=O) groups excluding carboxylic acids is 2. The Balaban J connectivity index is 1.94. The molecule has 33 heavy (non-hydrogen) atoms. The van der Waals surface area contributed by atoms with Crippen LogP contribution in [0.5, 0.6) is 0 Å². The Morgan fingerprint density at radius 1 is 0.727 bits per heavy atom. The van der Waals surface area contributed by atoms with Crippen molar-refractivity contribution in [2.24, 2.45) is 0 Å². The molecule has 0 unspecified atom stereocenters. The summed E-state index contributed by atoms with van der Waals surface area (Å²) in [4.78, 5) is 46.7. The van der Waals surface area contributed by atoms with Gasteiger partial charge in [-0.1, -0.05) is 29.3 Å². The Hall–Kier alpha value is -4.02. The average Bonchev–Trinajstić information content (AvgIpc) is 2.75. The molecule has 10 nitrogen and oxygen atoms in total. The molecule has 2 N–H and O–H groups in total. The molecule has 3 aromatic rings. The molecule has 0 aromatic heterocycles. The average molecular weight is 489 g/mol. The monoisotopic (exact) mass is 488 g/mol. The number of hydrogen-bond donors (Lipinski definition) is 2. The number of nitro benzene ring substituents is 2. The minimum atomic E-state index is -0.810. The summed E-state index contributed by atoms with van der Waals surface area (Å²) < 4.78 is 0. The van der Waals surface area contributed by atoms with E-state index in [4.69, 9.17) is 23.2 Å². The minimum absolute atomic E-state index is 0.0890. The topological polar surface area (TPSA) is 144 Å². The second-order valence-corrected chi connectivity index (χ2v) is 7.67. The van der Waals surface area contributed by atoms with Crippen molar-refractivity contribution in [2.75, 3.05) is 10.6 Å². The van der Waals surface area contributed by atoms with E-state index in [1.807, 2.05) is 0 Å². The number of anilines is 2. The molecular weight excluding hydrogens is 475 g/mol. The second-order valence-electron chi connectivity index (χ2n) is 6.79. The van der Waals surface area contributed by atoms with Crippen LogP contribution < -0.4 is 10.6 Å². The molecule has 0 atom stereocenters. The first-order chi connectivity index (χ1) is 15.6. The van der Waals surface area contributed by atoms with Crippen LogP contribution in [-0.4, -0.2) is 21.7 Å². The molecule has 3 aromatic carbocycles. The first-order valence-corrected chi connectivity index (χ1v) is 9.93. The van der Waals surface area contributed by atoms with E-state index in [0.717, 1.165) is 12.1 Å². The van der Waals surface area contributed by atoms with Gasteiger partial charge in [0.05, 0.1) is 21.2 Å². The number of nitrogens with zero attached hydrogens (tertiary/aromatic N) is 2. The molecule has 3 rings (SSSR count). The predicted molar refractivity (Wildman–Crippen MR) is 123 cm³/mol. The lowest BCUT2D eigenvalue weighted by Crippen LogP contribution is -2.18. The van der Waals surface area contributed by atoms with Crippen molar-refractivity contribution in [3.8, 4) is 0 Å². The molecule has 0 spiro atoms. The summed E-state index contributed by atoms with van der Waals surface area (Å²) in [6, 6.07) is 11.9. The van der Waals surface area contributed by atoms with Gasteiger partial charge >= 0.3 is 0 Å². The van der Waals surface area contributed by atoms with Crippen LogP contribution in [0.15, 0.2) is 54.6 Å². The summed E-state index contributed by atoms with van der Waals surface area (Å²) in [5, 5.41) is 27.8. The Bertz CT molecular complexity index is 1310. The normalized spacial score (nSPS) is 10.4. The van der Waals surface area contributed by atoms with Gasteiger partial charge in [0.15, 0.2) is 0 Å². The summed E-state index contributed by atoms with van der Waals surface area (Å²) in [7, 11) is 0. The van der Waals surface area contributed by atoms with E-state index < -0.39 is 33.0 Å². The summed E-state index contributed by atoms with van der Waals surface area (Å²) in [6.45, 7) is 1.73. The molecule has 0 heterocycles. The van der Waals surface area contributed by atoms with Crippen LogP contribution in [0.2, 0.25) is 10.0 Å². The summed E-state index contributed by atoms with van der Waals surface area (Å²) in [6.07, 6.45) is 0. The van der Waals surface area contributed by atoms with E-state index in [0.29, 0.717) is 5.56 Å². The summed E-state index contributed by atoms with van der Waals surface area (Å²) in [5.74, 6) is -1.62. The maximum Gasteiger partial charge on any atom is 0.283 e. The van der Waals surface area contributed by atoms with Crippen molar-refractivity contribution >= 4 is 57.8 Å². The van der Waals surface area contributed by atoms with Crippen LogP contribution in [0.4, 0.5) is 22.7 Å². The predicted octanol–water partition coefficient (Wildman–Crippen LogP) is 5.62. The lowest BCUT2D eigenvalue weighted by Gasteiger charge is -2.14. The molecule has 0 radical (unpaired) electrons. The molecule has 2 amide bonds. The smallest absolute Gasteiger partial charge is 0.283 e. The zero-order chi connectivity index (χ0) is 24.3. The van der Waals surface area contributed by atoms with Crippen LogP contribution in [0.25, 0.3) is 0 Å². The first kappa shape index (κ1) is 23.6. The highest BCUT2D eigenvalue weighted by atomic mass is 35.5. The number of nitro groups is 2. The standard InChI is InChI=1S/C21H14Cl2N4O6/c1-11-2-7-16(24-20(28)14-5-3-12(22)9-18(14)26(30)31)17(8-11)25-21(29)15-6-4-13(23)10-19(15)27(32)33/h2-10H,1H3,(H,24,28)(H,25,29). The van der Waals surface area contributed by atoms with Crippen molar-refractivity contribution in [2.45, 2.75) is 6.92 Å². The van der Waals surface area contributed by atoms with Gasteiger partial charge in [-0.15, -0.1) is 0 Å². The number of aryl methyl sites for hydroxylation is 1. The van der Waals surface area contributed by atoms with Crippen molar-refractivity contribution in [1.82, 2.24) is 0 Å². The molecule has 0 saturated heterocycles. The maximum atomic E-state index is 12.8. The van der Waals surface area contributed by atoms with E-state index in [1.54, 1.807) is 13.0 Å². The molecular formula is C21H14Cl2N4O6. The highest BCUT2D eigenvalue weighted by molar-refractivity contribution is 6.31. The van der Waals surface area contributed by atoms with Gasteiger partial charge in [-0.2, -0.15) is 0 Å². The van der Waals surface area contributed by atoms with Crippen LogP contribution in [0.3, 0.4) is 0 Å². The van der Waals surface area contributed by atoms with Gasteiger partial charge in [-0.05, 0) is 48.9 Å². The molecule has 0 aliphatic rings. The number of carbonyl (C=O) groups is 2. The Morgan fingerprint density at radius 3 is 1.64 bits per heavy atom. The Labute approximate surface area is 196 Å². The fraction of sp³-hybridized carbons (Fsp3) is 0.0476. The largest absolute Gasteiger partial charge is 0.320 e. The molecule has 0 aliphatic carbocycles. The highest BCUT2D eigenvalue weighted by Gasteiger charge is 2.24. The molecule has 12 heteroatoms. The molecule has 0 fully saturated rings. The van der Waals surface area contributed by atoms with E-state index >= 15 is 0 Å². The van der Waals surface area contributed by atoms with Gasteiger partial charge in [-0.3, -0.25) is 29.8 Å². The van der Waals surface area contributed by atoms with Gasteiger partial charge < -0.3 is 10.6 Å². The first-order valence-electron chi connectivity index (χ1n) is 9.18. The van der Waals surface area contributed by atoms with Crippen molar-refractivity contribution < 1.29 is 19.4 Å². The number of amides is 2. The van der Waals surface area contributed by atoms with Crippen LogP contribution in [0, 0.1) is 27.2 Å². The van der Waals surface area contributed by atoms with Crippen LogP contribution >= 0.6 is 23.2 Å². The van der Waals surface area contributed by atoms with E-state index in [1.165, 1.54) is 36.4 Å². The molecule has 0 saturated carbocycles. The van der Waals surface area contributed by atoms with Crippen molar-refractivity contribution in [3.63, 3.8) is 0 Å². The molecule has 0 bridgehead atoms. The van der Waals surface area contributed by atoms with E-state index in [2.05, 4.69) is 10.6 Å². The van der Waals surface area contributed by atoms with Crippen LogP contribution in [0.1, 0.15) is 26.3 Å². The minimum Gasteiger partial charge on any atom is -0.320 e. The number of rotatable bonds is 6. The third-order valence-corrected chi connectivity index (χ3v) is 4.94. The number of halogens is 2. The summed E-state index contributed by atoms with van der Waals surface area (Å²) >= 11 is 11.6. The van der Waals surface area contributed by atoms with Gasteiger partial charge in [0.25, 0.3) is 23.2 Å².